The molecule has 0 amide bonds. The Morgan fingerprint density at radius 1 is 0.290 bits per heavy atom. The number of fused-ring (bicyclic) bond motifs is 2. The van der Waals surface area contributed by atoms with Crippen molar-refractivity contribution in [3.05, 3.63) is 82.9 Å². The minimum absolute atomic E-state index is 0. The van der Waals surface area contributed by atoms with Gasteiger partial charge in [0.1, 0.15) is 20.2 Å². The van der Waals surface area contributed by atoms with Crippen LogP contribution in [0.4, 0.5) is 0 Å². The second-order valence-corrected chi connectivity index (χ2v) is 22.8. The van der Waals surface area contributed by atoms with Gasteiger partial charge in [-0.1, -0.05) is 244 Å². The van der Waals surface area contributed by atoms with Crippen LogP contribution in [0.3, 0.4) is 0 Å². The van der Waals surface area contributed by atoms with Crippen LogP contribution in [0.1, 0.15) is 255 Å². The molecular weight excluding hydrogens is 1020 g/mol. The summed E-state index contributed by atoms with van der Waals surface area (Å²) in [5, 5.41) is 3.79. The summed E-state index contributed by atoms with van der Waals surface area (Å²) < 4.78 is 69.0. The van der Waals surface area contributed by atoms with Gasteiger partial charge in [-0.25, -0.2) is 16.8 Å². The van der Waals surface area contributed by atoms with Crippen molar-refractivity contribution >= 4 is 90.7 Å². The molecule has 0 unspecified atom stereocenters. The van der Waals surface area contributed by atoms with E-state index in [9.17, 15) is 25.9 Å². The second kappa shape index (κ2) is 38.4. The van der Waals surface area contributed by atoms with E-state index in [1.54, 1.807) is 24.3 Å². The first-order valence-electron chi connectivity index (χ1n) is 27.9. The van der Waals surface area contributed by atoms with Crippen LogP contribution >= 0.6 is 0 Å². The Hall–Kier alpha value is -1.21. The molecule has 0 aliphatic rings. The third-order valence-corrected chi connectivity index (χ3v) is 15.7. The molecule has 0 spiro atoms. The minimum atomic E-state index is -4.43. The molecular formula is C60H94BaO6S2. The second-order valence-electron chi connectivity index (χ2n) is 20.1. The fourth-order valence-electron chi connectivity index (χ4n) is 9.78. The van der Waals surface area contributed by atoms with Crippen LogP contribution in [0.2, 0.25) is 0 Å². The molecule has 4 aromatic carbocycles. The number of aryl methyl sites for hydroxylation is 4. The summed E-state index contributed by atoms with van der Waals surface area (Å²) in [5.74, 6) is 0. The summed E-state index contributed by atoms with van der Waals surface area (Å²) in [6.07, 6.45) is 46.0. The van der Waals surface area contributed by atoms with Crippen LogP contribution in [0.5, 0.6) is 0 Å². The van der Waals surface area contributed by atoms with Crippen molar-refractivity contribution in [1.82, 2.24) is 0 Å². The maximum atomic E-state index is 11.5. The van der Waals surface area contributed by atoms with Crippen LogP contribution in [-0.4, -0.2) is 74.8 Å². The van der Waals surface area contributed by atoms with Crippen LogP contribution < -0.4 is 0 Å². The average molecular weight is 1110 g/mol. The van der Waals surface area contributed by atoms with E-state index < -0.39 is 20.2 Å². The standard InChI is InChI=1S/2C30H48O3S.Ba/c2*1-3-5-7-9-11-13-15-17-19-26-23-28-21-22-30(34(31,32)33)25-29(28)24-27(26)20-18-16-14-12-10-8-6-4-2;/h2*21-25H,3-20H2,1-2H3,(H,31,32,33);/q;;+2/p-2. The van der Waals surface area contributed by atoms with Gasteiger partial charge in [-0.3, -0.25) is 0 Å². The number of hydrogen-bond donors (Lipinski definition) is 0. The van der Waals surface area contributed by atoms with Crippen molar-refractivity contribution in [2.24, 2.45) is 0 Å². The largest absolute Gasteiger partial charge is 2.00 e. The fourth-order valence-corrected chi connectivity index (χ4v) is 10.8. The van der Waals surface area contributed by atoms with E-state index in [2.05, 4.69) is 52.0 Å². The van der Waals surface area contributed by atoms with E-state index in [-0.39, 0.29) is 58.7 Å². The fraction of sp³-hybridized carbons (Fsp3) is 0.667. The van der Waals surface area contributed by atoms with E-state index in [0.29, 0.717) is 0 Å². The first kappa shape index (κ1) is 63.9. The van der Waals surface area contributed by atoms with E-state index in [0.717, 1.165) is 47.2 Å². The SMILES string of the molecule is CCCCCCCCCCc1cc2ccc(S(=O)(=O)[O-])cc2cc1CCCCCCCCCC.CCCCCCCCCCc1cc2ccc(S(=O)(=O)[O-])cc2cc1CCCCCCCCCC.[Ba+2]. The quantitative estimate of drug-likeness (QED) is 0.0251. The van der Waals surface area contributed by atoms with E-state index in [1.165, 1.54) is 240 Å². The number of unbranched alkanes of at least 4 members (excludes halogenated alkanes) is 28. The van der Waals surface area contributed by atoms with Crippen LogP contribution in [-0.2, 0) is 45.9 Å². The maximum Gasteiger partial charge on any atom is 2.00 e. The van der Waals surface area contributed by atoms with Gasteiger partial charge >= 0.3 is 48.9 Å². The van der Waals surface area contributed by atoms with Crippen molar-refractivity contribution in [2.75, 3.05) is 0 Å². The van der Waals surface area contributed by atoms with Crippen LogP contribution in [0.25, 0.3) is 21.5 Å². The third-order valence-electron chi connectivity index (χ3n) is 14.0. The predicted octanol–water partition coefficient (Wildman–Crippen LogP) is 17.8. The third kappa shape index (κ3) is 27.6. The molecule has 0 radical (unpaired) electrons. The molecule has 0 fully saturated rings. The van der Waals surface area contributed by atoms with E-state index >= 15 is 0 Å². The molecule has 0 N–H and O–H groups in total. The maximum absolute atomic E-state index is 11.5. The molecule has 4 rings (SSSR count). The topological polar surface area (TPSA) is 114 Å². The van der Waals surface area contributed by atoms with Crippen molar-refractivity contribution < 1.29 is 25.9 Å². The van der Waals surface area contributed by atoms with Gasteiger partial charge < -0.3 is 9.11 Å². The molecule has 0 heterocycles. The summed E-state index contributed by atoms with van der Waals surface area (Å²) >= 11 is 0. The van der Waals surface area contributed by atoms with Crippen LogP contribution in [0, 0.1) is 0 Å². The van der Waals surface area contributed by atoms with Gasteiger partial charge in [-0.2, -0.15) is 0 Å². The van der Waals surface area contributed by atoms with Gasteiger partial charge in [0.25, 0.3) is 0 Å². The molecule has 69 heavy (non-hydrogen) atoms. The molecule has 9 heteroatoms. The predicted molar refractivity (Wildman–Crippen MR) is 295 cm³/mol. The minimum Gasteiger partial charge on any atom is -0.744 e. The van der Waals surface area contributed by atoms with E-state index in [1.807, 2.05) is 0 Å². The molecule has 6 nitrogen and oxygen atoms in total. The number of benzene rings is 4. The van der Waals surface area contributed by atoms with Gasteiger partial charge in [-0.05, 0) is 119 Å². The molecule has 0 aromatic heterocycles. The first-order chi connectivity index (χ1) is 32.9. The summed E-state index contributed by atoms with van der Waals surface area (Å²) in [7, 11) is -8.86. The zero-order valence-electron chi connectivity index (χ0n) is 44.2. The molecule has 0 aliphatic heterocycles. The van der Waals surface area contributed by atoms with Crippen LogP contribution in [0.15, 0.2) is 70.5 Å². The first-order valence-corrected chi connectivity index (χ1v) is 30.8. The van der Waals surface area contributed by atoms with Crippen molar-refractivity contribution in [2.45, 2.75) is 269 Å². The monoisotopic (exact) mass is 1110 g/mol. The smallest absolute Gasteiger partial charge is 0.744 e. The van der Waals surface area contributed by atoms with Gasteiger partial charge in [0, 0.05) is 0 Å². The van der Waals surface area contributed by atoms with Gasteiger partial charge in [-0.15, -0.1) is 0 Å². The number of hydrogen-bond acceptors (Lipinski definition) is 6. The molecule has 0 atom stereocenters. The summed E-state index contributed by atoms with van der Waals surface area (Å²) in [6.45, 7) is 9.03. The average Bonchev–Trinajstić information content (AvgIpc) is 3.31. The summed E-state index contributed by atoms with van der Waals surface area (Å²) in [4.78, 5) is -0.261. The van der Waals surface area contributed by atoms with Crippen molar-refractivity contribution in [1.29, 1.82) is 0 Å². The Balaban J connectivity index is 0.000000467. The Morgan fingerprint density at radius 2 is 0.493 bits per heavy atom. The summed E-state index contributed by atoms with van der Waals surface area (Å²) in [5.41, 5.74) is 5.47. The van der Waals surface area contributed by atoms with Gasteiger partial charge in [0.2, 0.25) is 0 Å². The Morgan fingerprint density at radius 3 is 0.710 bits per heavy atom. The molecule has 0 aliphatic carbocycles. The van der Waals surface area contributed by atoms with E-state index in [4.69, 9.17) is 0 Å². The normalized spacial score (nSPS) is 11.8. The zero-order valence-corrected chi connectivity index (χ0v) is 50.3. The Kier molecular flexibility index (Phi) is 35.5. The summed E-state index contributed by atoms with van der Waals surface area (Å²) in [6, 6.07) is 18.3. The van der Waals surface area contributed by atoms with Crippen molar-refractivity contribution in [3.63, 3.8) is 0 Å². The van der Waals surface area contributed by atoms with Crippen molar-refractivity contribution in [3.8, 4) is 0 Å². The molecule has 0 saturated heterocycles. The van der Waals surface area contributed by atoms with Gasteiger partial charge in [0.05, 0.1) is 9.79 Å². The molecule has 0 saturated carbocycles. The van der Waals surface area contributed by atoms with Gasteiger partial charge in [0.15, 0.2) is 0 Å². The molecule has 384 valence electrons. The Bertz CT molecular complexity index is 2030. The molecule has 0 bridgehead atoms. The number of rotatable bonds is 38. The Labute approximate surface area is 463 Å². The molecule has 4 aromatic rings. The zero-order chi connectivity index (χ0) is 49.3.